The molecule has 0 saturated heterocycles. The molecule has 122 valence electrons. The Kier molecular flexibility index (Phi) is 6.93. The number of carbonyl (C=O) groups excluding carboxylic acids is 1. The number of allylic oxidation sites excluding steroid dienone is 4. The van der Waals surface area contributed by atoms with Crippen molar-refractivity contribution in [3.8, 4) is 0 Å². The lowest BCUT2D eigenvalue weighted by atomic mass is 10.1. The van der Waals surface area contributed by atoms with Gasteiger partial charge in [-0.1, -0.05) is 23.3 Å². The summed E-state index contributed by atoms with van der Waals surface area (Å²) in [6.45, 7) is 7.66. The Bertz CT molecular complexity index is 667. The molecule has 0 aliphatic rings. The van der Waals surface area contributed by atoms with Crippen LogP contribution in [-0.2, 0) is 9.53 Å². The minimum atomic E-state index is -0.423. The van der Waals surface area contributed by atoms with E-state index in [2.05, 4.69) is 0 Å². The zero-order chi connectivity index (χ0) is 17.4. The molecule has 1 aromatic rings. The van der Waals surface area contributed by atoms with Crippen LogP contribution in [0.25, 0.3) is 6.08 Å². The van der Waals surface area contributed by atoms with Gasteiger partial charge in [0.15, 0.2) is 0 Å². The summed E-state index contributed by atoms with van der Waals surface area (Å²) in [6.07, 6.45) is 5.62. The van der Waals surface area contributed by atoms with E-state index in [4.69, 9.17) is 4.74 Å². The quantitative estimate of drug-likeness (QED) is 0.255. The Labute approximate surface area is 136 Å². The van der Waals surface area contributed by atoms with E-state index in [1.54, 1.807) is 32.1 Å². The summed E-state index contributed by atoms with van der Waals surface area (Å²) in [6, 6.07) is 6.34. The van der Waals surface area contributed by atoms with Gasteiger partial charge in [0.25, 0.3) is 5.69 Å². The molecule has 1 rings (SSSR count). The average Bonchev–Trinajstić information content (AvgIpc) is 2.47. The molecule has 0 heterocycles. The highest BCUT2D eigenvalue weighted by Gasteiger charge is 2.04. The number of hydrogen-bond donors (Lipinski definition) is 0. The molecule has 0 saturated carbocycles. The molecule has 0 fully saturated rings. The molecule has 5 heteroatoms. The van der Waals surface area contributed by atoms with Crippen molar-refractivity contribution in [1.29, 1.82) is 0 Å². The third-order valence-electron chi connectivity index (χ3n) is 3.00. The van der Waals surface area contributed by atoms with Crippen molar-refractivity contribution in [2.24, 2.45) is 0 Å². The molecule has 0 radical (unpaired) electrons. The number of nitrogens with zero attached hydrogens (tertiary/aromatic N) is 1. The second-order valence-electron chi connectivity index (χ2n) is 5.17. The predicted molar refractivity (Wildman–Crippen MR) is 90.9 cm³/mol. The normalized spacial score (nSPS) is 13.0. The van der Waals surface area contributed by atoms with Crippen molar-refractivity contribution in [2.75, 3.05) is 6.61 Å². The maximum atomic E-state index is 11.6. The van der Waals surface area contributed by atoms with Crippen molar-refractivity contribution in [2.45, 2.75) is 27.7 Å². The maximum Gasteiger partial charge on any atom is 0.333 e. The van der Waals surface area contributed by atoms with Crippen molar-refractivity contribution in [3.63, 3.8) is 0 Å². The highest BCUT2D eigenvalue weighted by atomic mass is 16.6. The second-order valence-corrected chi connectivity index (χ2v) is 5.17. The summed E-state index contributed by atoms with van der Waals surface area (Å²) in [5.74, 6) is -0.322. The van der Waals surface area contributed by atoms with Crippen molar-refractivity contribution < 1.29 is 14.5 Å². The number of nitro groups is 1. The van der Waals surface area contributed by atoms with Gasteiger partial charge in [-0.2, -0.15) is 0 Å². The Morgan fingerprint density at radius 2 is 1.74 bits per heavy atom. The van der Waals surface area contributed by atoms with Crippen LogP contribution in [0.5, 0.6) is 0 Å². The fourth-order valence-corrected chi connectivity index (χ4v) is 2.04. The average molecular weight is 315 g/mol. The van der Waals surface area contributed by atoms with Crippen LogP contribution in [0.4, 0.5) is 5.69 Å². The molecule has 0 bridgehead atoms. The molecule has 0 aliphatic carbocycles. The van der Waals surface area contributed by atoms with E-state index in [9.17, 15) is 14.9 Å². The lowest BCUT2D eigenvalue weighted by molar-refractivity contribution is -0.384. The van der Waals surface area contributed by atoms with Gasteiger partial charge >= 0.3 is 5.97 Å². The first-order valence-electron chi connectivity index (χ1n) is 7.30. The number of ether oxygens (including phenoxy) is 1. The molecule has 23 heavy (non-hydrogen) atoms. The number of nitro benzene ring substituents is 1. The number of rotatable bonds is 6. The standard InChI is InChI=1S/C18H21NO4/c1-5-23-18(20)15(4)11-13(2)10-14(3)12-16-6-8-17(9-7-16)19(21)22/h6-12H,5H2,1-4H3/b13-10-,14-12+,15-11-. The molecule has 0 N–H and O–H groups in total. The van der Waals surface area contributed by atoms with Crippen molar-refractivity contribution in [3.05, 3.63) is 68.8 Å². The van der Waals surface area contributed by atoms with Crippen LogP contribution in [0.3, 0.4) is 0 Å². The van der Waals surface area contributed by atoms with E-state index >= 15 is 0 Å². The minimum absolute atomic E-state index is 0.0690. The Balaban J connectivity index is 2.87. The molecule has 0 aliphatic heterocycles. The zero-order valence-electron chi connectivity index (χ0n) is 13.8. The molecular formula is C18H21NO4. The Morgan fingerprint density at radius 3 is 2.26 bits per heavy atom. The van der Waals surface area contributed by atoms with Crippen LogP contribution in [0.2, 0.25) is 0 Å². The summed E-state index contributed by atoms with van der Waals surface area (Å²) >= 11 is 0. The van der Waals surface area contributed by atoms with Gasteiger partial charge in [0.1, 0.15) is 0 Å². The van der Waals surface area contributed by atoms with Gasteiger partial charge in [-0.15, -0.1) is 0 Å². The minimum Gasteiger partial charge on any atom is -0.463 e. The highest BCUT2D eigenvalue weighted by molar-refractivity contribution is 5.88. The molecule has 0 atom stereocenters. The number of benzene rings is 1. The summed E-state index contributed by atoms with van der Waals surface area (Å²) < 4.78 is 4.93. The van der Waals surface area contributed by atoms with Crippen LogP contribution in [0.15, 0.2) is 53.1 Å². The van der Waals surface area contributed by atoms with E-state index in [0.29, 0.717) is 12.2 Å². The maximum absolute atomic E-state index is 11.6. The Morgan fingerprint density at radius 1 is 1.13 bits per heavy atom. The summed E-state index contributed by atoms with van der Waals surface area (Å²) in [5, 5.41) is 10.6. The van der Waals surface area contributed by atoms with Gasteiger partial charge in [-0.25, -0.2) is 4.79 Å². The third-order valence-corrected chi connectivity index (χ3v) is 3.00. The monoisotopic (exact) mass is 315 g/mol. The largest absolute Gasteiger partial charge is 0.463 e. The fourth-order valence-electron chi connectivity index (χ4n) is 2.04. The van der Waals surface area contributed by atoms with Crippen LogP contribution in [0, 0.1) is 10.1 Å². The van der Waals surface area contributed by atoms with Crippen LogP contribution in [0.1, 0.15) is 33.3 Å². The van der Waals surface area contributed by atoms with Crippen LogP contribution in [-0.4, -0.2) is 17.5 Å². The SMILES string of the molecule is CCOC(=O)\C(C)=C/C(C)=C\C(C)=C\c1ccc([N+](=O)[O-])cc1. The van der Waals surface area contributed by atoms with Gasteiger partial charge in [-0.3, -0.25) is 10.1 Å². The topological polar surface area (TPSA) is 69.4 Å². The van der Waals surface area contributed by atoms with E-state index in [0.717, 1.165) is 16.7 Å². The fraction of sp³-hybridized carbons (Fsp3) is 0.278. The van der Waals surface area contributed by atoms with E-state index < -0.39 is 4.92 Å². The van der Waals surface area contributed by atoms with Crippen molar-refractivity contribution >= 4 is 17.7 Å². The first-order chi connectivity index (χ1) is 10.8. The molecule has 5 nitrogen and oxygen atoms in total. The molecule has 0 amide bonds. The number of non-ortho nitro benzene ring substituents is 1. The van der Waals surface area contributed by atoms with Gasteiger partial charge in [0.2, 0.25) is 0 Å². The number of esters is 1. The van der Waals surface area contributed by atoms with Gasteiger partial charge in [0, 0.05) is 17.7 Å². The van der Waals surface area contributed by atoms with Gasteiger partial charge in [-0.05, 0) is 51.5 Å². The van der Waals surface area contributed by atoms with Gasteiger partial charge < -0.3 is 4.74 Å². The van der Waals surface area contributed by atoms with E-state index in [1.165, 1.54) is 12.1 Å². The third kappa shape index (κ3) is 6.30. The lowest BCUT2D eigenvalue weighted by Crippen LogP contribution is -2.05. The highest BCUT2D eigenvalue weighted by Crippen LogP contribution is 2.15. The number of hydrogen-bond acceptors (Lipinski definition) is 4. The summed E-state index contributed by atoms with van der Waals surface area (Å²) in [7, 11) is 0. The molecule has 1 aromatic carbocycles. The summed E-state index contributed by atoms with van der Waals surface area (Å²) in [4.78, 5) is 21.8. The molecule has 0 aromatic heterocycles. The Hall–Kier alpha value is -2.69. The molecule has 0 spiro atoms. The molecule has 0 unspecified atom stereocenters. The zero-order valence-corrected chi connectivity index (χ0v) is 13.8. The van der Waals surface area contributed by atoms with Crippen molar-refractivity contribution in [1.82, 2.24) is 0 Å². The smallest absolute Gasteiger partial charge is 0.333 e. The first kappa shape index (κ1) is 18.4. The number of carbonyl (C=O) groups is 1. The van der Waals surface area contributed by atoms with Crippen LogP contribution < -0.4 is 0 Å². The second kappa shape index (κ2) is 8.68. The lowest BCUT2D eigenvalue weighted by Gasteiger charge is -2.02. The summed E-state index contributed by atoms with van der Waals surface area (Å²) in [5.41, 5.74) is 3.39. The van der Waals surface area contributed by atoms with Gasteiger partial charge in [0.05, 0.1) is 11.5 Å². The van der Waals surface area contributed by atoms with E-state index in [-0.39, 0.29) is 11.7 Å². The predicted octanol–water partition coefficient (Wildman–Crippen LogP) is 4.45. The van der Waals surface area contributed by atoms with E-state index in [1.807, 2.05) is 26.0 Å². The first-order valence-corrected chi connectivity index (χ1v) is 7.30. The molecular weight excluding hydrogens is 294 g/mol. The van der Waals surface area contributed by atoms with Crippen LogP contribution >= 0.6 is 0 Å².